The van der Waals surface area contributed by atoms with Crippen molar-refractivity contribution < 1.29 is 8.42 Å². The van der Waals surface area contributed by atoms with Crippen LogP contribution in [0.2, 0.25) is 0 Å². The molecule has 15 heavy (non-hydrogen) atoms. The predicted molar refractivity (Wildman–Crippen MR) is 59.7 cm³/mol. The average molecular weight is 232 g/mol. The molecular weight excluding hydrogens is 212 g/mol. The summed E-state index contributed by atoms with van der Waals surface area (Å²) < 4.78 is 27.6. The van der Waals surface area contributed by atoms with E-state index >= 15 is 0 Å². The Labute approximate surface area is 92.4 Å². The predicted octanol–water partition coefficient (Wildman–Crippen LogP) is 1.06. The molecule has 0 aromatic carbocycles. The van der Waals surface area contributed by atoms with Crippen molar-refractivity contribution in [3.05, 3.63) is 0 Å². The van der Waals surface area contributed by atoms with Crippen LogP contribution in [0.4, 0.5) is 0 Å². The summed E-state index contributed by atoms with van der Waals surface area (Å²) in [7, 11) is -3.12. The van der Waals surface area contributed by atoms with Gasteiger partial charge in [0.25, 0.3) is 10.2 Å². The van der Waals surface area contributed by atoms with Crippen molar-refractivity contribution >= 4 is 10.2 Å². The molecule has 0 atom stereocenters. The van der Waals surface area contributed by atoms with Crippen molar-refractivity contribution in [1.82, 2.24) is 8.61 Å². The molecule has 0 aliphatic carbocycles. The van der Waals surface area contributed by atoms with Crippen molar-refractivity contribution in [1.29, 1.82) is 0 Å². The van der Waals surface area contributed by atoms with Gasteiger partial charge in [0.1, 0.15) is 0 Å². The fourth-order valence-electron chi connectivity index (χ4n) is 2.30. The molecule has 0 aromatic heterocycles. The molecule has 0 N–H and O–H groups in total. The molecule has 2 heterocycles. The number of rotatable bonds is 2. The van der Waals surface area contributed by atoms with E-state index in [0.717, 1.165) is 25.7 Å². The van der Waals surface area contributed by atoms with Crippen LogP contribution in [0, 0.1) is 5.92 Å². The Morgan fingerprint density at radius 1 is 0.933 bits per heavy atom. The van der Waals surface area contributed by atoms with Gasteiger partial charge in [-0.2, -0.15) is 17.0 Å². The number of hydrogen-bond acceptors (Lipinski definition) is 2. The third-order valence-electron chi connectivity index (χ3n) is 3.46. The molecule has 2 aliphatic rings. The summed E-state index contributed by atoms with van der Waals surface area (Å²) in [6.07, 6.45) is 4.05. The summed E-state index contributed by atoms with van der Waals surface area (Å²) in [5, 5.41) is 0. The smallest absolute Gasteiger partial charge is 0.195 e. The van der Waals surface area contributed by atoms with Gasteiger partial charge in [-0.1, -0.05) is 6.92 Å². The van der Waals surface area contributed by atoms with Crippen LogP contribution in [-0.4, -0.2) is 43.2 Å². The lowest BCUT2D eigenvalue weighted by atomic mass is 10.0. The molecular formula is C10H20N2O2S. The maximum Gasteiger partial charge on any atom is 0.281 e. The molecule has 2 aliphatic heterocycles. The Bertz CT molecular complexity index is 301. The number of nitrogens with zero attached hydrogens (tertiary/aromatic N) is 2. The highest BCUT2D eigenvalue weighted by atomic mass is 32.2. The summed E-state index contributed by atoms with van der Waals surface area (Å²) >= 11 is 0. The topological polar surface area (TPSA) is 40.6 Å². The normalized spacial score (nSPS) is 27.3. The van der Waals surface area contributed by atoms with Crippen molar-refractivity contribution in [3.63, 3.8) is 0 Å². The minimum atomic E-state index is -3.12. The molecule has 2 saturated heterocycles. The van der Waals surface area contributed by atoms with Gasteiger partial charge >= 0.3 is 0 Å². The summed E-state index contributed by atoms with van der Waals surface area (Å²) in [5.74, 6) is 0.676. The van der Waals surface area contributed by atoms with Crippen LogP contribution in [-0.2, 0) is 10.2 Å². The Hall–Kier alpha value is -0.130. The second-order valence-corrected chi connectivity index (χ2v) is 6.62. The molecule has 0 saturated carbocycles. The summed E-state index contributed by atoms with van der Waals surface area (Å²) in [4.78, 5) is 0. The highest BCUT2D eigenvalue weighted by molar-refractivity contribution is 7.86. The first-order valence-corrected chi connectivity index (χ1v) is 7.25. The summed E-state index contributed by atoms with van der Waals surface area (Å²) in [6, 6.07) is 0. The van der Waals surface area contributed by atoms with Gasteiger partial charge in [0, 0.05) is 26.2 Å². The lowest BCUT2D eigenvalue weighted by Crippen LogP contribution is -2.45. The molecule has 0 radical (unpaired) electrons. The second kappa shape index (κ2) is 4.39. The molecule has 88 valence electrons. The fraction of sp³-hybridized carbons (Fsp3) is 1.00. The summed E-state index contributed by atoms with van der Waals surface area (Å²) in [5.41, 5.74) is 0. The number of hydrogen-bond donors (Lipinski definition) is 0. The third-order valence-corrected chi connectivity index (χ3v) is 5.50. The second-order valence-electron chi connectivity index (χ2n) is 4.70. The van der Waals surface area contributed by atoms with Gasteiger partial charge in [-0.15, -0.1) is 0 Å². The van der Waals surface area contributed by atoms with Gasteiger partial charge < -0.3 is 0 Å². The van der Waals surface area contributed by atoms with Crippen molar-refractivity contribution in [2.24, 2.45) is 5.92 Å². The summed E-state index contributed by atoms with van der Waals surface area (Å²) in [6.45, 7) is 5.04. The molecule has 0 aromatic rings. The first-order valence-electron chi connectivity index (χ1n) is 5.86. The van der Waals surface area contributed by atoms with E-state index in [-0.39, 0.29) is 0 Å². The van der Waals surface area contributed by atoms with Crippen LogP contribution >= 0.6 is 0 Å². The van der Waals surface area contributed by atoms with E-state index in [1.54, 1.807) is 8.61 Å². The van der Waals surface area contributed by atoms with E-state index in [0.29, 0.717) is 32.1 Å². The maximum atomic E-state index is 12.1. The van der Waals surface area contributed by atoms with E-state index in [9.17, 15) is 8.42 Å². The van der Waals surface area contributed by atoms with Crippen molar-refractivity contribution in [2.45, 2.75) is 32.6 Å². The first-order chi connectivity index (χ1) is 7.10. The molecule has 5 heteroatoms. The van der Waals surface area contributed by atoms with E-state index in [2.05, 4.69) is 6.92 Å². The van der Waals surface area contributed by atoms with Gasteiger partial charge in [0.2, 0.25) is 0 Å². The molecule has 4 nitrogen and oxygen atoms in total. The Morgan fingerprint density at radius 3 is 1.93 bits per heavy atom. The maximum absolute atomic E-state index is 12.1. The average Bonchev–Trinajstić information content (AvgIpc) is 2.71. The van der Waals surface area contributed by atoms with Gasteiger partial charge in [-0.05, 0) is 31.6 Å². The lowest BCUT2D eigenvalue weighted by Gasteiger charge is -2.32. The quantitative estimate of drug-likeness (QED) is 0.714. The van der Waals surface area contributed by atoms with Crippen LogP contribution in [0.3, 0.4) is 0 Å². The number of piperidine rings is 1. The van der Waals surface area contributed by atoms with Crippen LogP contribution in [0.25, 0.3) is 0 Å². The molecule has 2 fully saturated rings. The highest BCUT2D eigenvalue weighted by Crippen LogP contribution is 2.22. The SMILES string of the molecule is CC1CCN(S(=O)(=O)N2CCCC2)CC1. The third kappa shape index (κ3) is 2.34. The zero-order chi connectivity index (χ0) is 10.9. The Kier molecular flexibility index (Phi) is 3.33. The minimum absolute atomic E-state index is 0.676. The van der Waals surface area contributed by atoms with E-state index in [1.807, 2.05) is 0 Å². The van der Waals surface area contributed by atoms with E-state index < -0.39 is 10.2 Å². The van der Waals surface area contributed by atoms with E-state index in [1.165, 1.54) is 0 Å². The molecule has 0 amide bonds. The van der Waals surface area contributed by atoms with Gasteiger partial charge in [0.15, 0.2) is 0 Å². The zero-order valence-electron chi connectivity index (χ0n) is 9.35. The van der Waals surface area contributed by atoms with Crippen molar-refractivity contribution in [3.8, 4) is 0 Å². The monoisotopic (exact) mass is 232 g/mol. The highest BCUT2D eigenvalue weighted by Gasteiger charge is 2.33. The van der Waals surface area contributed by atoms with Crippen LogP contribution in [0.5, 0.6) is 0 Å². The van der Waals surface area contributed by atoms with Crippen LogP contribution in [0.15, 0.2) is 0 Å². The Morgan fingerprint density at radius 2 is 1.40 bits per heavy atom. The van der Waals surface area contributed by atoms with Gasteiger partial charge in [-0.3, -0.25) is 0 Å². The first kappa shape index (κ1) is 11.4. The largest absolute Gasteiger partial charge is 0.281 e. The molecule has 0 spiro atoms. The van der Waals surface area contributed by atoms with Crippen molar-refractivity contribution in [2.75, 3.05) is 26.2 Å². The molecule has 0 unspecified atom stereocenters. The lowest BCUT2D eigenvalue weighted by molar-refractivity contribution is 0.270. The van der Waals surface area contributed by atoms with Crippen LogP contribution < -0.4 is 0 Å². The fourth-order valence-corrected chi connectivity index (χ4v) is 4.02. The zero-order valence-corrected chi connectivity index (χ0v) is 10.2. The Balaban J connectivity index is 2.02. The minimum Gasteiger partial charge on any atom is -0.195 e. The van der Waals surface area contributed by atoms with Gasteiger partial charge in [-0.25, -0.2) is 0 Å². The van der Waals surface area contributed by atoms with Gasteiger partial charge in [0.05, 0.1) is 0 Å². The standard InChI is InChI=1S/C10H20N2O2S/c1-10-4-8-12(9-5-10)15(13,14)11-6-2-3-7-11/h10H,2-9H2,1H3. The molecule has 0 bridgehead atoms. The van der Waals surface area contributed by atoms with Crippen LogP contribution in [0.1, 0.15) is 32.6 Å². The molecule has 2 rings (SSSR count). The van der Waals surface area contributed by atoms with E-state index in [4.69, 9.17) is 0 Å².